The van der Waals surface area contributed by atoms with Gasteiger partial charge in [-0.25, -0.2) is 19.1 Å². The van der Waals surface area contributed by atoms with E-state index in [1.807, 2.05) is 24.3 Å². The third-order valence-electron chi connectivity index (χ3n) is 4.78. The molecule has 4 aromatic rings. The molecule has 5 rings (SSSR count). The summed E-state index contributed by atoms with van der Waals surface area (Å²) < 4.78 is 6.91. The molecule has 1 aromatic heterocycles. The quantitative estimate of drug-likeness (QED) is 0.453. The van der Waals surface area contributed by atoms with E-state index in [4.69, 9.17) is 16.3 Å². The molecule has 0 saturated carbocycles. The molecule has 0 spiro atoms. The lowest BCUT2D eigenvalue weighted by molar-refractivity contribution is 0.144. The van der Waals surface area contributed by atoms with Crippen LogP contribution in [0.4, 0.5) is 15.3 Å². The van der Waals surface area contributed by atoms with Crippen molar-refractivity contribution in [3.63, 3.8) is 0 Å². The van der Waals surface area contributed by atoms with Crippen LogP contribution in [0.25, 0.3) is 11.0 Å². The van der Waals surface area contributed by atoms with Crippen LogP contribution < -0.4 is 9.75 Å². The molecule has 2 amide bonds. The SMILES string of the molecule is O=C(Oc1ccccc1)N1C(=O)n2c(nc3ccccc32)CN1c1ccc(Cl)cc1. The summed E-state index contributed by atoms with van der Waals surface area (Å²) in [6, 6.07) is 22.2. The van der Waals surface area contributed by atoms with Gasteiger partial charge in [0.1, 0.15) is 11.6 Å². The Labute approximate surface area is 176 Å². The van der Waals surface area contributed by atoms with E-state index < -0.39 is 12.1 Å². The van der Waals surface area contributed by atoms with Crippen LogP contribution in [0.5, 0.6) is 5.75 Å². The largest absolute Gasteiger partial charge is 0.443 e. The number of rotatable bonds is 2. The van der Waals surface area contributed by atoms with Crippen molar-refractivity contribution in [3.8, 4) is 5.75 Å². The number of fused-ring (bicyclic) bond motifs is 3. The fraction of sp³-hybridized carbons (Fsp3) is 0.0455. The molecule has 30 heavy (non-hydrogen) atoms. The first-order valence-electron chi connectivity index (χ1n) is 9.22. The van der Waals surface area contributed by atoms with Gasteiger partial charge < -0.3 is 4.74 Å². The zero-order valence-corrected chi connectivity index (χ0v) is 16.4. The molecule has 0 aliphatic carbocycles. The smallest absolute Gasteiger partial charge is 0.409 e. The Hall–Kier alpha value is -3.84. The minimum absolute atomic E-state index is 0.200. The fourth-order valence-electron chi connectivity index (χ4n) is 3.43. The van der Waals surface area contributed by atoms with Gasteiger partial charge in [-0.2, -0.15) is 0 Å². The number of hydrazine groups is 1. The summed E-state index contributed by atoms with van der Waals surface area (Å²) in [5, 5.41) is 3.07. The van der Waals surface area contributed by atoms with Crippen molar-refractivity contribution in [2.75, 3.05) is 5.01 Å². The number of ether oxygens (including phenoxy) is 1. The van der Waals surface area contributed by atoms with Crippen LogP contribution in [0, 0.1) is 0 Å². The Balaban J connectivity index is 1.61. The van der Waals surface area contributed by atoms with Gasteiger partial charge in [0.05, 0.1) is 23.3 Å². The Morgan fingerprint density at radius 2 is 1.63 bits per heavy atom. The summed E-state index contributed by atoms with van der Waals surface area (Å²) >= 11 is 6.01. The van der Waals surface area contributed by atoms with Crippen molar-refractivity contribution in [1.29, 1.82) is 0 Å². The third kappa shape index (κ3) is 3.05. The number of carbonyl (C=O) groups is 2. The first-order chi connectivity index (χ1) is 14.6. The maximum absolute atomic E-state index is 13.5. The number of aromatic nitrogens is 2. The summed E-state index contributed by atoms with van der Waals surface area (Å²) in [5.74, 6) is 0.868. The Morgan fingerprint density at radius 3 is 2.40 bits per heavy atom. The van der Waals surface area contributed by atoms with Crippen molar-refractivity contribution in [3.05, 3.63) is 89.7 Å². The zero-order chi connectivity index (χ0) is 20.7. The topological polar surface area (TPSA) is 67.7 Å². The molecule has 0 atom stereocenters. The highest BCUT2D eigenvalue weighted by atomic mass is 35.5. The van der Waals surface area contributed by atoms with E-state index in [9.17, 15) is 9.59 Å². The molecule has 0 radical (unpaired) electrons. The highest BCUT2D eigenvalue weighted by molar-refractivity contribution is 6.30. The van der Waals surface area contributed by atoms with E-state index in [-0.39, 0.29) is 6.54 Å². The maximum Gasteiger partial charge on any atom is 0.443 e. The molecular formula is C22H15ClN4O3. The van der Waals surface area contributed by atoms with Crippen LogP contribution in [0.3, 0.4) is 0 Å². The van der Waals surface area contributed by atoms with Gasteiger partial charge in [0, 0.05) is 5.02 Å². The standard InChI is InChI=1S/C22H15ClN4O3/c23-15-10-12-16(13-11-15)25-14-20-24-18-8-4-5-9-19(18)26(20)21(28)27(25)22(29)30-17-6-2-1-3-7-17/h1-13H,14H2. The zero-order valence-electron chi connectivity index (χ0n) is 15.6. The number of hydrogen-bond donors (Lipinski definition) is 0. The highest BCUT2D eigenvalue weighted by Crippen LogP contribution is 2.29. The lowest BCUT2D eigenvalue weighted by Gasteiger charge is -2.37. The first-order valence-corrected chi connectivity index (χ1v) is 9.60. The molecule has 0 unspecified atom stereocenters. The number of halogens is 1. The summed E-state index contributed by atoms with van der Waals surface area (Å²) in [5.41, 5.74) is 1.91. The van der Waals surface area contributed by atoms with Gasteiger partial charge in [-0.05, 0) is 48.5 Å². The minimum Gasteiger partial charge on any atom is -0.409 e. The number of amides is 2. The molecule has 0 saturated heterocycles. The van der Waals surface area contributed by atoms with E-state index in [1.165, 1.54) is 9.58 Å². The molecule has 0 N–H and O–H groups in total. The van der Waals surface area contributed by atoms with Gasteiger partial charge in [0.15, 0.2) is 0 Å². The molecule has 0 fully saturated rings. The van der Waals surface area contributed by atoms with E-state index in [0.717, 1.165) is 5.01 Å². The molecule has 7 nitrogen and oxygen atoms in total. The summed E-state index contributed by atoms with van der Waals surface area (Å²) in [4.78, 5) is 31.1. The van der Waals surface area contributed by atoms with E-state index in [1.54, 1.807) is 54.6 Å². The second-order valence-corrected chi connectivity index (χ2v) is 7.10. The van der Waals surface area contributed by atoms with Gasteiger partial charge in [0.2, 0.25) is 0 Å². The van der Waals surface area contributed by atoms with Crippen molar-refractivity contribution in [2.24, 2.45) is 0 Å². The number of imidazole rings is 1. The predicted octanol–water partition coefficient (Wildman–Crippen LogP) is 5.09. The van der Waals surface area contributed by atoms with Gasteiger partial charge in [-0.3, -0.25) is 5.01 Å². The average Bonchev–Trinajstić information content (AvgIpc) is 3.13. The lowest BCUT2D eigenvalue weighted by atomic mass is 10.3. The van der Waals surface area contributed by atoms with Gasteiger partial charge in [-0.1, -0.05) is 41.9 Å². The Morgan fingerprint density at radius 1 is 0.933 bits per heavy atom. The fourth-order valence-corrected chi connectivity index (χ4v) is 3.55. The number of hydrogen-bond acceptors (Lipinski definition) is 5. The van der Waals surface area contributed by atoms with E-state index >= 15 is 0 Å². The second kappa shape index (κ2) is 7.20. The number of para-hydroxylation sites is 3. The number of imide groups is 1. The van der Waals surface area contributed by atoms with E-state index in [0.29, 0.717) is 33.3 Å². The number of nitrogens with zero attached hydrogens (tertiary/aromatic N) is 4. The van der Waals surface area contributed by atoms with Crippen molar-refractivity contribution in [1.82, 2.24) is 14.6 Å². The molecule has 1 aliphatic heterocycles. The molecule has 0 bridgehead atoms. The van der Waals surface area contributed by atoms with Gasteiger partial charge in [-0.15, -0.1) is 5.01 Å². The molecule has 148 valence electrons. The summed E-state index contributed by atoms with van der Waals surface area (Å²) in [7, 11) is 0. The third-order valence-corrected chi connectivity index (χ3v) is 5.03. The maximum atomic E-state index is 13.5. The lowest BCUT2D eigenvalue weighted by Crippen LogP contribution is -2.56. The first kappa shape index (κ1) is 18.2. The van der Waals surface area contributed by atoms with Gasteiger partial charge >= 0.3 is 12.1 Å². The van der Waals surface area contributed by atoms with Crippen LogP contribution in [0.2, 0.25) is 5.02 Å². The van der Waals surface area contributed by atoms with Crippen LogP contribution in [0.1, 0.15) is 5.82 Å². The number of benzene rings is 3. The second-order valence-electron chi connectivity index (χ2n) is 6.66. The molecule has 3 aromatic carbocycles. The normalized spacial score (nSPS) is 13.4. The monoisotopic (exact) mass is 418 g/mol. The molecular weight excluding hydrogens is 404 g/mol. The van der Waals surface area contributed by atoms with Crippen LogP contribution in [-0.4, -0.2) is 26.7 Å². The van der Waals surface area contributed by atoms with Crippen LogP contribution in [0.15, 0.2) is 78.9 Å². The summed E-state index contributed by atoms with van der Waals surface area (Å²) in [6.45, 7) is 0.200. The Kier molecular flexibility index (Phi) is 4.37. The number of carbonyl (C=O) groups excluding carboxylic acids is 2. The average molecular weight is 419 g/mol. The van der Waals surface area contributed by atoms with Crippen LogP contribution in [-0.2, 0) is 6.54 Å². The summed E-state index contributed by atoms with van der Waals surface area (Å²) in [6.07, 6.45) is -0.815. The predicted molar refractivity (Wildman–Crippen MR) is 112 cm³/mol. The van der Waals surface area contributed by atoms with E-state index in [2.05, 4.69) is 4.98 Å². The van der Waals surface area contributed by atoms with Crippen molar-refractivity contribution >= 4 is 40.4 Å². The minimum atomic E-state index is -0.815. The van der Waals surface area contributed by atoms with Crippen molar-refractivity contribution in [2.45, 2.75) is 6.54 Å². The molecule has 2 heterocycles. The van der Waals surface area contributed by atoms with Gasteiger partial charge in [0.25, 0.3) is 0 Å². The van der Waals surface area contributed by atoms with Crippen LogP contribution >= 0.6 is 11.6 Å². The Bertz CT molecular complexity index is 1250. The van der Waals surface area contributed by atoms with Crippen molar-refractivity contribution < 1.29 is 14.3 Å². The molecule has 8 heteroatoms. The molecule has 1 aliphatic rings. The highest BCUT2D eigenvalue weighted by Gasteiger charge is 2.39. The number of anilines is 1.